The number of anilines is 1. The monoisotopic (exact) mass is 381 g/mol. The summed E-state index contributed by atoms with van der Waals surface area (Å²) in [6.07, 6.45) is 0. The molecule has 1 spiro atoms. The van der Waals surface area contributed by atoms with Crippen LogP contribution in [0.5, 0.6) is 0 Å². The van der Waals surface area contributed by atoms with E-state index >= 15 is 0 Å². The summed E-state index contributed by atoms with van der Waals surface area (Å²) in [6.45, 7) is 1.83. The van der Waals surface area contributed by atoms with E-state index in [4.69, 9.17) is 4.74 Å². The molecular weight excluding hydrogens is 362 g/mol. The Morgan fingerprint density at radius 2 is 1.86 bits per heavy atom. The number of rotatable bonds is 3. The summed E-state index contributed by atoms with van der Waals surface area (Å²) in [7, 11) is 1.29. The van der Waals surface area contributed by atoms with Gasteiger partial charge in [-0.05, 0) is 30.7 Å². The zero-order chi connectivity index (χ0) is 20.1. The van der Waals surface area contributed by atoms with Gasteiger partial charge in [-0.1, -0.05) is 30.3 Å². The van der Waals surface area contributed by atoms with Gasteiger partial charge in [-0.15, -0.1) is 0 Å². The Balaban J connectivity index is 1.81. The molecule has 0 bridgehead atoms. The van der Waals surface area contributed by atoms with Crippen molar-refractivity contribution in [3.63, 3.8) is 0 Å². The Morgan fingerprint density at radius 3 is 2.50 bits per heavy atom. The van der Waals surface area contributed by atoms with E-state index in [1.54, 1.807) is 48.5 Å². The van der Waals surface area contributed by atoms with Crippen molar-refractivity contribution in [2.45, 2.75) is 30.5 Å². The number of ether oxygens (including phenoxy) is 1. The van der Waals surface area contributed by atoms with E-state index in [0.717, 1.165) is 0 Å². The molecule has 4 rings (SSSR count). The molecule has 2 aromatic rings. The van der Waals surface area contributed by atoms with Crippen LogP contribution in [-0.2, 0) is 15.1 Å². The van der Waals surface area contributed by atoms with E-state index in [0.29, 0.717) is 22.4 Å². The van der Waals surface area contributed by atoms with Crippen LogP contribution in [0, 0.1) is 10.1 Å². The molecule has 0 unspecified atom stereocenters. The van der Waals surface area contributed by atoms with E-state index in [9.17, 15) is 19.7 Å². The molecule has 8 nitrogen and oxygen atoms in total. The molecular formula is C20H19N3O5. The average molecular weight is 381 g/mol. The van der Waals surface area contributed by atoms with Crippen LogP contribution in [0.3, 0.4) is 0 Å². The van der Waals surface area contributed by atoms with Gasteiger partial charge < -0.3 is 10.1 Å². The van der Waals surface area contributed by atoms with E-state index in [1.807, 2.05) is 6.92 Å². The zero-order valence-electron chi connectivity index (χ0n) is 15.3. The highest BCUT2D eigenvalue weighted by atomic mass is 16.6. The molecule has 1 amide bonds. The number of carbonyl (C=O) groups excluding carboxylic acids is 2. The summed E-state index contributed by atoms with van der Waals surface area (Å²) in [4.78, 5) is 36.4. The lowest BCUT2D eigenvalue weighted by Gasteiger charge is -2.25. The number of fused-ring (bicyclic) bond motifs is 2. The van der Waals surface area contributed by atoms with Gasteiger partial charge in [0.05, 0.1) is 18.6 Å². The van der Waals surface area contributed by atoms with Gasteiger partial charge in [0.1, 0.15) is 0 Å². The molecule has 1 saturated heterocycles. The standard InChI is InChI=1S/C20H19N3O5/c1-11-16(12-7-9-13(10-8-12)18(24)28-2)17(23(26)27)20(22-11)14-5-3-4-6-15(14)21-19(20)25/h3-11,16-17,22H,1-2H3,(H,21,25)/t11-,16-,17-,20+/m0/s1. The van der Waals surface area contributed by atoms with Crippen molar-refractivity contribution in [3.8, 4) is 0 Å². The first kappa shape index (κ1) is 18.1. The summed E-state index contributed by atoms with van der Waals surface area (Å²) >= 11 is 0. The fourth-order valence-corrected chi connectivity index (χ4v) is 4.51. The molecule has 0 saturated carbocycles. The highest BCUT2D eigenvalue weighted by molar-refractivity contribution is 6.07. The largest absolute Gasteiger partial charge is 0.465 e. The second kappa shape index (κ2) is 6.42. The Kier molecular flexibility index (Phi) is 4.15. The maximum absolute atomic E-state index is 12.9. The van der Waals surface area contributed by atoms with Crippen LogP contribution >= 0.6 is 0 Å². The number of nitrogens with zero attached hydrogens (tertiary/aromatic N) is 1. The Bertz CT molecular complexity index is 974. The van der Waals surface area contributed by atoms with Gasteiger partial charge >= 0.3 is 5.97 Å². The first-order valence-electron chi connectivity index (χ1n) is 8.90. The molecule has 144 valence electrons. The average Bonchev–Trinajstić information content (AvgIpc) is 3.16. The fraction of sp³-hybridized carbons (Fsp3) is 0.300. The van der Waals surface area contributed by atoms with E-state index in [2.05, 4.69) is 10.6 Å². The predicted molar refractivity (Wildman–Crippen MR) is 101 cm³/mol. The van der Waals surface area contributed by atoms with Crippen molar-refractivity contribution < 1.29 is 19.2 Å². The molecule has 0 aromatic heterocycles. The van der Waals surface area contributed by atoms with Crippen LogP contribution in [0.15, 0.2) is 48.5 Å². The van der Waals surface area contributed by atoms with Crippen LogP contribution in [-0.4, -0.2) is 36.0 Å². The number of amides is 1. The lowest BCUT2D eigenvalue weighted by atomic mass is 9.78. The number of nitrogens with one attached hydrogen (secondary N) is 2. The molecule has 2 aromatic carbocycles. The number of methoxy groups -OCH3 is 1. The van der Waals surface area contributed by atoms with Crippen LogP contribution < -0.4 is 10.6 Å². The number of carbonyl (C=O) groups is 2. The van der Waals surface area contributed by atoms with Gasteiger partial charge in [0, 0.05) is 22.2 Å². The minimum Gasteiger partial charge on any atom is -0.465 e. The summed E-state index contributed by atoms with van der Waals surface area (Å²) in [5.74, 6) is -1.45. The number of nitro groups is 1. The Hall–Kier alpha value is -3.26. The lowest BCUT2D eigenvalue weighted by molar-refractivity contribution is -0.532. The number of esters is 1. The second-order valence-electron chi connectivity index (χ2n) is 7.11. The van der Waals surface area contributed by atoms with Gasteiger partial charge in [0.2, 0.25) is 0 Å². The summed E-state index contributed by atoms with van der Waals surface area (Å²) in [5.41, 5.74) is 0.776. The third-order valence-electron chi connectivity index (χ3n) is 5.68. The van der Waals surface area contributed by atoms with Gasteiger partial charge in [0.25, 0.3) is 11.9 Å². The van der Waals surface area contributed by atoms with Crippen molar-refractivity contribution in [1.29, 1.82) is 0 Å². The number of hydrogen-bond donors (Lipinski definition) is 2. The molecule has 2 aliphatic rings. The third kappa shape index (κ3) is 2.41. The molecule has 1 fully saturated rings. The van der Waals surface area contributed by atoms with E-state index in [1.165, 1.54) is 7.11 Å². The molecule has 2 N–H and O–H groups in total. The van der Waals surface area contributed by atoms with Crippen molar-refractivity contribution in [1.82, 2.24) is 5.32 Å². The summed E-state index contributed by atoms with van der Waals surface area (Å²) in [5, 5.41) is 18.2. The van der Waals surface area contributed by atoms with Crippen molar-refractivity contribution in [2.75, 3.05) is 12.4 Å². The second-order valence-corrected chi connectivity index (χ2v) is 7.11. The topological polar surface area (TPSA) is 111 Å². The number of hydrogen-bond acceptors (Lipinski definition) is 6. The van der Waals surface area contributed by atoms with Gasteiger partial charge in [-0.3, -0.25) is 20.2 Å². The molecule has 28 heavy (non-hydrogen) atoms. The zero-order valence-corrected chi connectivity index (χ0v) is 15.3. The molecule has 0 aliphatic carbocycles. The third-order valence-corrected chi connectivity index (χ3v) is 5.68. The van der Waals surface area contributed by atoms with Crippen LogP contribution in [0.1, 0.15) is 34.3 Å². The van der Waals surface area contributed by atoms with E-state index in [-0.39, 0.29) is 11.0 Å². The minimum atomic E-state index is -1.44. The quantitative estimate of drug-likeness (QED) is 0.478. The first-order chi connectivity index (χ1) is 13.4. The normalized spacial score (nSPS) is 28.1. The highest BCUT2D eigenvalue weighted by Crippen LogP contribution is 2.49. The van der Waals surface area contributed by atoms with Gasteiger partial charge in [-0.2, -0.15) is 0 Å². The van der Waals surface area contributed by atoms with Crippen LogP contribution in [0.2, 0.25) is 0 Å². The predicted octanol–water partition coefficient (Wildman–Crippen LogP) is 2.04. The molecule has 0 radical (unpaired) electrons. The summed E-state index contributed by atoms with van der Waals surface area (Å²) in [6, 6.07) is 12.0. The maximum Gasteiger partial charge on any atom is 0.337 e. The molecule has 8 heteroatoms. The van der Waals surface area contributed by atoms with Crippen LogP contribution in [0.25, 0.3) is 0 Å². The van der Waals surface area contributed by atoms with E-state index < -0.39 is 29.4 Å². The van der Waals surface area contributed by atoms with Crippen LogP contribution in [0.4, 0.5) is 5.69 Å². The Morgan fingerprint density at radius 1 is 1.18 bits per heavy atom. The Labute approximate surface area is 161 Å². The fourth-order valence-electron chi connectivity index (χ4n) is 4.51. The highest BCUT2D eigenvalue weighted by Gasteiger charge is 2.67. The summed E-state index contributed by atoms with van der Waals surface area (Å²) < 4.78 is 4.70. The smallest absolute Gasteiger partial charge is 0.337 e. The molecule has 4 atom stereocenters. The van der Waals surface area contributed by atoms with Gasteiger partial charge in [-0.25, -0.2) is 4.79 Å². The maximum atomic E-state index is 12.9. The van der Waals surface area contributed by atoms with Crippen molar-refractivity contribution >= 4 is 17.6 Å². The number of para-hydroxylation sites is 1. The SMILES string of the molecule is COC(=O)c1ccc([C@@H]2[C@H](C)N[C@@]3(C(=O)Nc4ccccc43)[C@H]2[N+](=O)[O-])cc1. The van der Waals surface area contributed by atoms with Crippen molar-refractivity contribution in [2.24, 2.45) is 0 Å². The number of benzene rings is 2. The minimum absolute atomic E-state index is 0.337. The van der Waals surface area contributed by atoms with Gasteiger partial charge in [0.15, 0.2) is 5.54 Å². The lowest BCUT2D eigenvalue weighted by Crippen LogP contribution is -2.54. The van der Waals surface area contributed by atoms with Crippen molar-refractivity contribution in [3.05, 3.63) is 75.3 Å². The first-order valence-corrected chi connectivity index (χ1v) is 8.90. The molecule has 2 aliphatic heterocycles. The molecule has 2 heterocycles.